The Kier molecular flexibility index (Phi) is 10.9. The van der Waals surface area contributed by atoms with Crippen LogP contribution in [-0.4, -0.2) is 91.7 Å². The van der Waals surface area contributed by atoms with Gasteiger partial charge in [0, 0.05) is 69.5 Å². The molecule has 1 spiro atoms. The van der Waals surface area contributed by atoms with Crippen molar-refractivity contribution < 1.29 is 50.9 Å². The highest BCUT2D eigenvalue weighted by Gasteiger charge is 2.55. The molecule has 0 saturated carbocycles. The minimum absolute atomic E-state index is 0.175. The van der Waals surface area contributed by atoms with Crippen molar-refractivity contribution in [3.8, 4) is 0 Å². The topological polar surface area (TPSA) is 129 Å². The van der Waals surface area contributed by atoms with Crippen LogP contribution in [0.1, 0.15) is 49.9 Å². The zero-order valence-electron chi connectivity index (χ0n) is 22.5. The zero-order valence-corrected chi connectivity index (χ0v) is 22.5. The Bertz CT molecular complexity index is 1160. The number of aromatic nitrogens is 3. The first kappa shape index (κ1) is 33.5. The van der Waals surface area contributed by atoms with Gasteiger partial charge in [0.15, 0.2) is 0 Å². The predicted molar refractivity (Wildman–Crippen MR) is 132 cm³/mol. The Balaban J connectivity index is 0.000000349. The third kappa shape index (κ3) is 8.65. The molecule has 0 bridgehead atoms. The maximum absolute atomic E-state index is 13.4. The van der Waals surface area contributed by atoms with Crippen LogP contribution in [0.5, 0.6) is 0 Å². The number of alkyl halides is 6. The number of rotatable bonds is 4. The van der Waals surface area contributed by atoms with Crippen LogP contribution in [-0.2, 0) is 20.9 Å². The lowest BCUT2D eigenvalue weighted by atomic mass is 9.70. The molecular weight excluding hydrogens is 564 g/mol. The third-order valence-corrected chi connectivity index (χ3v) is 6.66. The summed E-state index contributed by atoms with van der Waals surface area (Å²) in [6.45, 7) is 7.69. The van der Waals surface area contributed by atoms with E-state index in [0.29, 0.717) is 5.91 Å². The van der Waals surface area contributed by atoms with E-state index in [4.69, 9.17) is 19.8 Å². The quantitative estimate of drug-likeness (QED) is 0.509. The number of hydrogen-bond donors (Lipinski definition) is 2. The minimum Gasteiger partial charge on any atom is -0.475 e. The van der Waals surface area contributed by atoms with E-state index in [1.807, 2.05) is 30.4 Å². The average molecular weight is 596 g/mol. The molecule has 0 aromatic carbocycles. The Morgan fingerprint density at radius 3 is 2.15 bits per heavy atom. The van der Waals surface area contributed by atoms with Crippen LogP contribution in [0.15, 0.2) is 36.8 Å². The number of pyridine rings is 1. The second kappa shape index (κ2) is 13.3. The van der Waals surface area contributed by atoms with Gasteiger partial charge in [-0.3, -0.25) is 19.4 Å². The number of carboxylic acids is 2. The molecule has 4 rings (SSSR count). The van der Waals surface area contributed by atoms with Crippen molar-refractivity contribution in [2.75, 3.05) is 26.7 Å². The fourth-order valence-electron chi connectivity index (χ4n) is 4.98. The van der Waals surface area contributed by atoms with Crippen molar-refractivity contribution in [3.05, 3.63) is 48.0 Å². The summed E-state index contributed by atoms with van der Waals surface area (Å²) in [5.74, 6) is -5.04. The summed E-state index contributed by atoms with van der Waals surface area (Å²) in [5.41, 5.74) is 2.05. The van der Waals surface area contributed by atoms with Gasteiger partial charge in [-0.2, -0.15) is 31.4 Å². The highest BCUT2D eigenvalue weighted by atomic mass is 19.4. The van der Waals surface area contributed by atoms with Gasteiger partial charge in [0.05, 0.1) is 5.41 Å². The van der Waals surface area contributed by atoms with Gasteiger partial charge in [0.25, 0.3) is 0 Å². The molecule has 228 valence electrons. The van der Waals surface area contributed by atoms with E-state index in [0.717, 1.165) is 39.0 Å². The number of carbonyl (C=O) groups is 3. The lowest BCUT2D eigenvalue weighted by molar-refractivity contribution is -0.193. The fourth-order valence-corrected chi connectivity index (χ4v) is 4.98. The minimum atomic E-state index is -5.08. The van der Waals surface area contributed by atoms with Crippen molar-refractivity contribution in [1.82, 2.24) is 24.6 Å². The summed E-state index contributed by atoms with van der Waals surface area (Å²) in [6.07, 6.45) is -2.54. The molecule has 0 aliphatic carbocycles. The lowest BCUT2D eigenvalue weighted by Gasteiger charge is -2.41. The molecule has 2 aromatic heterocycles. The number of aliphatic carboxylic acids is 2. The van der Waals surface area contributed by atoms with Crippen LogP contribution >= 0.6 is 0 Å². The number of likely N-dealkylation sites (tertiary alicyclic amines) is 2. The Morgan fingerprint density at radius 1 is 1.07 bits per heavy atom. The van der Waals surface area contributed by atoms with Gasteiger partial charge in [-0.05, 0) is 44.4 Å². The summed E-state index contributed by atoms with van der Waals surface area (Å²) in [5, 5.41) is 18.8. The van der Waals surface area contributed by atoms with E-state index in [1.54, 1.807) is 6.20 Å². The van der Waals surface area contributed by atoms with Gasteiger partial charge in [-0.25, -0.2) is 9.59 Å². The van der Waals surface area contributed by atoms with E-state index in [-0.39, 0.29) is 17.4 Å². The molecule has 2 aromatic rings. The largest absolute Gasteiger partial charge is 0.490 e. The summed E-state index contributed by atoms with van der Waals surface area (Å²) >= 11 is 0. The first-order chi connectivity index (χ1) is 18.9. The van der Waals surface area contributed by atoms with Gasteiger partial charge < -0.3 is 15.1 Å². The number of piperidine rings is 1. The Morgan fingerprint density at radius 2 is 1.66 bits per heavy atom. The van der Waals surface area contributed by atoms with Crippen molar-refractivity contribution >= 4 is 17.8 Å². The second-order valence-corrected chi connectivity index (χ2v) is 9.97. The maximum atomic E-state index is 13.4. The van der Waals surface area contributed by atoms with Crippen molar-refractivity contribution in [3.63, 3.8) is 0 Å². The second-order valence-electron chi connectivity index (χ2n) is 9.97. The van der Waals surface area contributed by atoms with Crippen LogP contribution in [0.4, 0.5) is 26.3 Å². The predicted octanol–water partition coefficient (Wildman–Crippen LogP) is 3.96. The van der Waals surface area contributed by atoms with E-state index in [2.05, 4.69) is 45.6 Å². The lowest BCUT2D eigenvalue weighted by Crippen LogP contribution is -2.50. The standard InChI is InChI=1S/C21H29N5O.2C2HF3O2/c1-16(2)26-19(7-10-23-26)18-14-25(13-17-6-4-9-22-12-17)15-21(18)8-5-11-24(3)20(21)27;2*3-2(4,5)1(6)7/h4,6-7,9-10,12,16,18H,5,8,11,13-15H2,1-3H3;2*(H,6,7)/t18-,21+;;/m0../s1. The smallest absolute Gasteiger partial charge is 0.475 e. The van der Waals surface area contributed by atoms with Crippen molar-refractivity contribution in [1.29, 1.82) is 0 Å². The van der Waals surface area contributed by atoms with Gasteiger partial charge in [-0.15, -0.1) is 0 Å². The van der Waals surface area contributed by atoms with Crippen LogP contribution in [0.25, 0.3) is 0 Å². The molecule has 16 heteroatoms. The molecule has 10 nitrogen and oxygen atoms in total. The first-order valence-electron chi connectivity index (χ1n) is 12.4. The summed E-state index contributed by atoms with van der Waals surface area (Å²) in [4.78, 5) is 39.8. The fraction of sp³-hybridized carbons (Fsp3) is 0.560. The number of carbonyl (C=O) groups excluding carboxylic acids is 1. The van der Waals surface area contributed by atoms with E-state index >= 15 is 0 Å². The van der Waals surface area contributed by atoms with E-state index in [9.17, 15) is 31.1 Å². The molecule has 2 aliphatic heterocycles. The number of carboxylic acid groups (broad SMARTS) is 2. The van der Waals surface area contributed by atoms with Gasteiger partial charge in [-0.1, -0.05) is 6.07 Å². The average Bonchev–Trinajstić information content (AvgIpc) is 3.48. The maximum Gasteiger partial charge on any atom is 0.490 e. The summed E-state index contributed by atoms with van der Waals surface area (Å²) < 4.78 is 65.6. The number of amides is 1. The third-order valence-electron chi connectivity index (χ3n) is 6.66. The van der Waals surface area contributed by atoms with Crippen LogP contribution in [0.2, 0.25) is 0 Å². The molecule has 2 aliphatic rings. The number of halogens is 6. The van der Waals surface area contributed by atoms with Gasteiger partial charge in [0.1, 0.15) is 0 Å². The highest BCUT2D eigenvalue weighted by Crippen LogP contribution is 2.49. The van der Waals surface area contributed by atoms with Gasteiger partial charge in [0.2, 0.25) is 5.91 Å². The molecule has 2 saturated heterocycles. The van der Waals surface area contributed by atoms with Crippen molar-refractivity contribution in [2.45, 2.75) is 57.5 Å². The molecule has 2 N–H and O–H groups in total. The number of nitrogens with zero attached hydrogens (tertiary/aromatic N) is 5. The van der Waals surface area contributed by atoms with E-state index in [1.165, 1.54) is 11.3 Å². The zero-order chi connectivity index (χ0) is 31.2. The molecule has 4 heterocycles. The Hall–Kier alpha value is -3.69. The molecule has 41 heavy (non-hydrogen) atoms. The van der Waals surface area contributed by atoms with Crippen LogP contribution in [0.3, 0.4) is 0 Å². The summed E-state index contributed by atoms with van der Waals surface area (Å²) in [7, 11) is 1.95. The van der Waals surface area contributed by atoms with Gasteiger partial charge >= 0.3 is 24.3 Å². The van der Waals surface area contributed by atoms with Crippen LogP contribution in [0, 0.1) is 5.41 Å². The molecular formula is C25H31F6N5O5. The molecule has 2 atom stereocenters. The monoisotopic (exact) mass is 595 g/mol. The highest BCUT2D eigenvalue weighted by molar-refractivity contribution is 5.85. The molecule has 0 radical (unpaired) electrons. The van der Waals surface area contributed by atoms with E-state index < -0.39 is 24.3 Å². The van der Waals surface area contributed by atoms with Crippen LogP contribution < -0.4 is 0 Å². The molecule has 2 fully saturated rings. The first-order valence-corrected chi connectivity index (χ1v) is 12.4. The summed E-state index contributed by atoms with van der Waals surface area (Å²) in [6, 6.07) is 6.49. The normalized spacial score (nSPS) is 21.3. The molecule has 1 amide bonds. The number of hydrogen-bond acceptors (Lipinski definition) is 6. The molecule has 0 unspecified atom stereocenters. The van der Waals surface area contributed by atoms with Crippen molar-refractivity contribution in [2.24, 2.45) is 5.41 Å². The Labute approximate surface area is 231 Å². The SMILES string of the molecule is CC(C)n1nccc1[C@@H]1CN(Cc2cccnc2)C[C@]12CCCN(C)C2=O.O=C(O)C(F)(F)F.O=C(O)C(F)(F)F.